The molecule has 0 bridgehead atoms. The second-order valence-electron chi connectivity index (χ2n) is 5.24. The fraction of sp³-hybridized carbons (Fsp3) is 0.846. The summed E-state index contributed by atoms with van der Waals surface area (Å²) in [6.45, 7) is 6.77. The molecule has 0 spiro atoms. The van der Waals surface area contributed by atoms with Gasteiger partial charge in [-0.3, -0.25) is 9.59 Å². The van der Waals surface area contributed by atoms with E-state index in [-0.39, 0.29) is 36.3 Å². The number of likely N-dealkylation sites (tertiary alicyclic amines) is 1. The van der Waals surface area contributed by atoms with Crippen LogP contribution in [0, 0.1) is 11.8 Å². The van der Waals surface area contributed by atoms with E-state index in [0.29, 0.717) is 13.1 Å². The molecular weight excluding hydrogens is 232 g/mol. The summed E-state index contributed by atoms with van der Waals surface area (Å²) in [5, 5.41) is 12.0. The number of aliphatic hydroxyl groups excluding tert-OH is 1. The first-order valence-electron chi connectivity index (χ1n) is 6.62. The topological polar surface area (TPSA) is 69.6 Å². The second kappa shape index (κ2) is 6.73. The van der Waals surface area contributed by atoms with E-state index in [4.69, 9.17) is 5.11 Å². The highest BCUT2D eigenvalue weighted by Gasteiger charge is 2.27. The molecule has 0 radical (unpaired) electrons. The minimum atomic E-state index is -0.0201. The van der Waals surface area contributed by atoms with Crippen molar-refractivity contribution in [2.24, 2.45) is 11.8 Å². The smallest absolute Gasteiger partial charge is 0.223 e. The van der Waals surface area contributed by atoms with Crippen LogP contribution in [-0.2, 0) is 9.59 Å². The van der Waals surface area contributed by atoms with Gasteiger partial charge in [-0.2, -0.15) is 0 Å². The van der Waals surface area contributed by atoms with Crippen LogP contribution >= 0.6 is 0 Å². The number of carbonyl (C=O) groups excluding carboxylic acids is 2. The number of nitrogens with one attached hydrogen (secondary N) is 1. The number of rotatable bonds is 4. The Hall–Kier alpha value is -1.10. The van der Waals surface area contributed by atoms with Gasteiger partial charge in [0.2, 0.25) is 11.8 Å². The van der Waals surface area contributed by atoms with Crippen LogP contribution in [0.5, 0.6) is 0 Å². The minimum Gasteiger partial charge on any atom is -0.396 e. The Morgan fingerprint density at radius 1 is 1.33 bits per heavy atom. The summed E-state index contributed by atoms with van der Waals surface area (Å²) in [7, 11) is 0. The number of amides is 2. The molecule has 1 saturated heterocycles. The van der Waals surface area contributed by atoms with Gasteiger partial charge in [0.15, 0.2) is 0 Å². The van der Waals surface area contributed by atoms with Gasteiger partial charge in [0, 0.05) is 38.6 Å². The van der Waals surface area contributed by atoms with Crippen LogP contribution in [-0.4, -0.2) is 47.6 Å². The van der Waals surface area contributed by atoms with Gasteiger partial charge < -0.3 is 15.3 Å². The number of nitrogens with zero attached hydrogens (tertiary/aromatic N) is 1. The maximum absolute atomic E-state index is 12.0. The molecule has 2 amide bonds. The molecule has 1 heterocycles. The molecule has 0 aromatic carbocycles. The fourth-order valence-corrected chi connectivity index (χ4v) is 2.10. The molecule has 1 fully saturated rings. The summed E-state index contributed by atoms with van der Waals surface area (Å²) in [6.07, 6.45) is 1.46. The third-order valence-electron chi connectivity index (χ3n) is 3.82. The summed E-state index contributed by atoms with van der Waals surface area (Å²) in [4.78, 5) is 25.0. The van der Waals surface area contributed by atoms with Crippen LogP contribution in [0.4, 0.5) is 0 Å². The molecule has 104 valence electrons. The van der Waals surface area contributed by atoms with Crippen molar-refractivity contribution >= 4 is 11.8 Å². The van der Waals surface area contributed by atoms with Gasteiger partial charge in [0.25, 0.3) is 0 Å². The van der Waals surface area contributed by atoms with Crippen LogP contribution in [0.25, 0.3) is 0 Å². The average Bonchev–Trinajstić information content (AvgIpc) is 2.37. The zero-order valence-corrected chi connectivity index (χ0v) is 11.5. The quantitative estimate of drug-likeness (QED) is 0.764. The van der Waals surface area contributed by atoms with E-state index >= 15 is 0 Å². The minimum absolute atomic E-state index is 0.00561. The van der Waals surface area contributed by atoms with Crippen molar-refractivity contribution in [1.82, 2.24) is 10.2 Å². The number of carbonyl (C=O) groups is 2. The van der Waals surface area contributed by atoms with E-state index in [9.17, 15) is 9.59 Å². The van der Waals surface area contributed by atoms with Crippen molar-refractivity contribution in [2.75, 3.05) is 19.7 Å². The Bertz CT molecular complexity index is 299. The van der Waals surface area contributed by atoms with E-state index in [0.717, 1.165) is 12.8 Å². The lowest BCUT2D eigenvalue weighted by Gasteiger charge is -2.31. The van der Waals surface area contributed by atoms with Crippen molar-refractivity contribution in [3.05, 3.63) is 0 Å². The zero-order chi connectivity index (χ0) is 13.7. The number of piperidine rings is 1. The third kappa shape index (κ3) is 3.98. The van der Waals surface area contributed by atoms with Gasteiger partial charge >= 0.3 is 0 Å². The molecule has 2 N–H and O–H groups in total. The second-order valence-corrected chi connectivity index (χ2v) is 5.24. The fourth-order valence-electron chi connectivity index (χ4n) is 2.10. The maximum atomic E-state index is 12.0. The van der Waals surface area contributed by atoms with Gasteiger partial charge in [0.1, 0.15) is 0 Å². The van der Waals surface area contributed by atoms with Gasteiger partial charge in [-0.15, -0.1) is 0 Å². The highest BCUT2D eigenvalue weighted by molar-refractivity contribution is 5.79. The van der Waals surface area contributed by atoms with E-state index in [1.165, 1.54) is 0 Å². The SMILES string of the molecule is CC(=O)N1CCC(C(=O)NC(C)C(C)CO)CC1. The van der Waals surface area contributed by atoms with Crippen molar-refractivity contribution in [2.45, 2.75) is 39.7 Å². The molecule has 2 unspecified atom stereocenters. The van der Waals surface area contributed by atoms with E-state index < -0.39 is 0 Å². The molecule has 0 aromatic rings. The predicted octanol–water partition coefficient (Wildman–Crippen LogP) is 0.378. The van der Waals surface area contributed by atoms with Gasteiger partial charge in [-0.1, -0.05) is 6.92 Å². The number of aliphatic hydroxyl groups is 1. The van der Waals surface area contributed by atoms with Crippen LogP contribution in [0.3, 0.4) is 0 Å². The molecule has 5 nitrogen and oxygen atoms in total. The molecule has 2 atom stereocenters. The largest absolute Gasteiger partial charge is 0.396 e. The summed E-state index contributed by atoms with van der Waals surface area (Å²) in [5.41, 5.74) is 0. The molecule has 5 heteroatoms. The summed E-state index contributed by atoms with van der Waals surface area (Å²) in [5.74, 6) is 0.183. The molecule has 0 aromatic heterocycles. The van der Waals surface area contributed by atoms with Crippen molar-refractivity contribution in [1.29, 1.82) is 0 Å². The highest BCUT2D eigenvalue weighted by atomic mass is 16.3. The van der Waals surface area contributed by atoms with Crippen molar-refractivity contribution in [3.8, 4) is 0 Å². The highest BCUT2D eigenvalue weighted by Crippen LogP contribution is 2.18. The monoisotopic (exact) mass is 256 g/mol. The molecule has 1 aliphatic rings. The van der Waals surface area contributed by atoms with Crippen LogP contribution in [0.1, 0.15) is 33.6 Å². The Balaban J connectivity index is 2.38. The van der Waals surface area contributed by atoms with Gasteiger partial charge in [-0.05, 0) is 25.7 Å². The molecular formula is C13H24N2O3. The molecule has 1 aliphatic heterocycles. The summed E-state index contributed by atoms with van der Waals surface area (Å²) < 4.78 is 0. The first kappa shape index (κ1) is 15.0. The van der Waals surface area contributed by atoms with Crippen LogP contribution in [0.2, 0.25) is 0 Å². The van der Waals surface area contributed by atoms with E-state index in [1.54, 1.807) is 11.8 Å². The molecule has 18 heavy (non-hydrogen) atoms. The lowest BCUT2D eigenvalue weighted by atomic mass is 9.94. The Morgan fingerprint density at radius 2 is 1.89 bits per heavy atom. The van der Waals surface area contributed by atoms with Gasteiger partial charge in [-0.25, -0.2) is 0 Å². The van der Waals surface area contributed by atoms with Crippen molar-refractivity contribution in [3.63, 3.8) is 0 Å². The molecule has 0 saturated carbocycles. The van der Waals surface area contributed by atoms with E-state index in [2.05, 4.69) is 5.32 Å². The van der Waals surface area contributed by atoms with E-state index in [1.807, 2.05) is 13.8 Å². The van der Waals surface area contributed by atoms with Crippen LogP contribution < -0.4 is 5.32 Å². The Kier molecular flexibility index (Phi) is 5.59. The molecule has 0 aliphatic carbocycles. The summed E-state index contributed by atoms with van der Waals surface area (Å²) >= 11 is 0. The normalized spacial score (nSPS) is 20.3. The summed E-state index contributed by atoms with van der Waals surface area (Å²) in [6, 6.07) is -0.0201. The average molecular weight is 256 g/mol. The predicted molar refractivity (Wildman–Crippen MR) is 68.8 cm³/mol. The molecule has 1 rings (SSSR count). The van der Waals surface area contributed by atoms with Crippen molar-refractivity contribution < 1.29 is 14.7 Å². The first-order chi connectivity index (χ1) is 8.45. The first-order valence-corrected chi connectivity index (χ1v) is 6.62. The Labute approximate surface area is 109 Å². The van der Waals surface area contributed by atoms with Gasteiger partial charge in [0.05, 0.1) is 0 Å². The standard InChI is InChI=1S/C13H24N2O3/c1-9(8-16)10(2)14-13(18)12-4-6-15(7-5-12)11(3)17/h9-10,12,16H,4-8H2,1-3H3,(H,14,18). The Morgan fingerprint density at radius 3 is 2.33 bits per heavy atom. The number of hydrogen-bond acceptors (Lipinski definition) is 3. The zero-order valence-electron chi connectivity index (χ0n) is 11.5. The maximum Gasteiger partial charge on any atom is 0.223 e. The lowest BCUT2D eigenvalue weighted by Crippen LogP contribution is -2.46. The number of hydrogen-bond donors (Lipinski definition) is 2. The third-order valence-corrected chi connectivity index (χ3v) is 3.82. The van der Waals surface area contributed by atoms with Crippen LogP contribution in [0.15, 0.2) is 0 Å². The lowest BCUT2D eigenvalue weighted by molar-refractivity contribution is -0.134.